The molecule has 0 bridgehead atoms. The monoisotopic (exact) mass is 293 g/mol. The van der Waals surface area contributed by atoms with E-state index >= 15 is 0 Å². The third kappa shape index (κ3) is 3.19. The molecule has 21 heavy (non-hydrogen) atoms. The normalized spacial score (nSPS) is 14.9. The van der Waals surface area contributed by atoms with Gasteiger partial charge in [-0.2, -0.15) is 0 Å². The van der Waals surface area contributed by atoms with Crippen molar-refractivity contribution in [3.63, 3.8) is 0 Å². The number of nitrogens with zero attached hydrogens (tertiary/aromatic N) is 2. The van der Waals surface area contributed by atoms with E-state index in [1.165, 1.54) is 0 Å². The molecular weight excluding hydrogens is 266 g/mol. The first-order valence-electron chi connectivity index (χ1n) is 7.97. The van der Waals surface area contributed by atoms with Crippen LogP contribution in [0.1, 0.15) is 57.1 Å². The number of hydrogen-bond donors (Lipinski definition) is 1. The van der Waals surface area contributed by atoms with Crippen LogP contribution in [0.3, 0.4) is 0 Å². The van der Waals surface area contributed by atoms with Crippen molar-refractivity contribution >= 4 is 5.82 Å². The summed E-state index contributed by atoms with van der Waals surface area (Å²) in [6.07, 6.45) is 3.63. The van der Waals surface area contributed by atoms with E-state index in [0.717, 1.165) is 61.7 Å². The van der Waals surface area contributed by atoms with Crippen LogP contribution in [0.5, 0.6) is 0 Å². The van der Waals surface area contributed by atoms with Crippen LogP contribution in [0.2, 0.25) is 0 Å². The Labute approximate surface area is 127 Å². The average Bonchev–Trinajstić information content (AvgIpc) is 2.55. The van der Waals surface area contributed by atoms with E-state index in [2.05, 4.69) is 26.1 Å². The molecule has 1 N–H and O–H groups in total. The number of aromatic nitrogens is 2. The fraction of sp³-hybridized carbons (Fsp3) is 0.750. The number of hydrogen-bond acceptors (Lipinski definition) is 5. The van der Waals surface area contributed by atoms with Crippen molar-refractivity contribution in [2.45, 2.75) is 58.7 Å². The summed E-state index contributed by atoms with van der Waals surface area (Å²) in [5.41, 5.74) is 1.82. The van der Waals surface area contributed by atoms with E-state index in [-0.39, 0.29) is 0 Å². The molecule has 2 heterocycles. The summed E-state index contributed by atoms with van der Waals surface area (Å²) < 4.78 is 11.4. The van der Waals surface area contributed by atoms with Gasteiger partial charge in [0, 0.05) is 25.6 Å². The number of ether oxygens (including phenoxy) is 2. The zero-order chi connectivity index (χ0) is 15.3. The molecule has 0 radical (unpaired) electrons. The van der Waals surface area contributed by atoms with Crippen LogP contribution in [0, 0.1) is 0 Å². The molecule has 1 aliphatic rings. The van der Waals surface area contributed by atoms with Crippen LogP contribution in [0.4, 0.5) is 5.82 Å². The van der Waals surface area contributed by atoms with Gasteiger partial charge in [0.1, 0.15) is 11.4 Å². The van der Waals surface area contributed by atoms with Gasteiger partial charge in [-0.05, 0) is 19.3 Å². The second-order valence-electron chi connectivity index (χ2n) is 5.46. The second kappa shape index (κ2) is 7.18. The Hall–Kier alpha value is -1.20. The zero-order valence-electron chi connectivity index (χ0n) is 13.7. The summed E-state index contributed by atoms with van der Waals surface area (Å²) in [7, 11) is 1.75. The first-order chi connectivity index (χ1) is 10.2. The highest BCUT2D eigenvalue weighted by Crippen LogP contribution is 2.33. The molecule has 5 nitrogen and oxygen atoms in total. The standard InChI is InChI=1S/C16H27N3O2/c1-5-9-17-14-12-11-21-10-8-13(12)18-15(19-14)16(6-2,7-3)20-4/h5-11H2,1-4H3,(H,17,18,19). The van der Waals surface area contributed by atoms with Crippen LogP contribution in [-0.4, -0.2) is 30.2 Å². The van der Waals surface area contributed by atoms with Gasteiger partial charge >= 0.3 is 0 Å². The highest BCUT2D eigenvalue weighted by Gasteiger charge is 2.33. The van der Waals surface area contributed by atoms with Crippen LogP contribution in [0.15, 0.2) is 0 Å². The quantitative estimate of drug-likeness (QED) is 0.837. The predicted octanol–water partition coefficient (Wildman–Crippen LogP) is 3.03. The van der Waals surface area contributed by atoms with Gasteiger partial charge in [-0.25, -0.2) is 9.97 Å². The summed E-state index contributed by atoms with van der Waals surface area (Å²) in [4.78, 5) is 9.59. The second-order valence-corrected chi connectivity index (χ2v) is 5.46. The SMILES string of the molecule is CCCNc1nc(C(CC)(CC)OC)nc2c1COCC2. The maximum Gasteiger partial charge on any atom is 0.162 e. The Kier molecular flexibility index (Phi) is 5.53. The van der Waals surface area contributed by atoms with E-state index in [9.17, 15) is 0 Å². The fourth-order valence-electron chi connectivity index (χ4n) is 2.77. The van der Waals surface area contributed by atoms with Gasteiger partial charge < -0.3 is 14.8 Å². The minimum Gasteiger partial charge on any atom is -0.376 e. The van der Waals surface area contributed by atoms with Gasteiger partial charge in [0.25, 0.3) is 0 Å². The first kappa shape index (κ1) is 16.2. The molecule has 0 atom stereocenters. The molecule has 0 fully saturated rings. The Morgan fingerprint density at radius 3 is 2.62 bits per heavy atom. The molecule has 1 aliphatic heterocycles. The van der Waals surface area contributed by atoms with E-state index in [1.54, 1.807) is 7.11 Å². The van der Waals surface area contributed by atoms with Gasteiger partial charge in [0.15, 0.2) is 5.82 Å². The fourth-order valence-corrected chi connectivity index (χ4v) is 2.77. The van der Waals surface area contributed by atoms with Crippen molar-refractivity contribution < 1.29 is 9.47 Å². The number of rotatable bonds is 7. The Morgan fingerprint density at radius 2 is 2.00 bits per heavy atom. The molecule has 1 aromatic rings. The number of fused-ring (bicyclic) bond motifs is 1. The maximum absolute atomic E-state index is 5.79. The highest BCUT2D eigenvalue weighted by molar-refractivity contribution is 5.47. The Bertz CT molecular complexity index is 465. The van der Waals surface area contributed by atoms with Crippen molar-refractivity contribution in [2.24, 2.45) is 0 Å². The Morgan fingerprint density at radius 1 is 1.24 bits per heavy atom. The molecule has 0 saturated carbocycles. The van der Waals surface area contributed by atoms with Crippen LogP contribution in [0.25, 0.3) is 0 Å². The van der Waals surface area contributed by atoms with Gasteiger partial charge in [0.05, 0.1) is 18.9 Å². The summed E-state index contributed by atoms with van der Waals surface area (Å²) >= 11 is 0. The summed E-state index contributed by atoms with van der Waals surface area (Å²) in [5.74, 6) is 1.72. The molecular formula is C16H27N3O2. The van der Waals surface area contributed by atoms with Crippen molar-refractivity contribution in [1.82, 2.24) is 9.97 Å². The molecule has 0 unspecified atom stereocenters. The number of methoxy groups -OCH3 is 1. The van der Waals surface area contributed by atoms with Gasteiger partial charge in [-0.15, -0.1) is 0 Å². The lowest BCUT2D eigenvalue weighted by Crippen LogP contribution is -2.31. The molecule has 118 valence electrons. The zero-order valence-corrected chi connectivity index (χ0v) is 13.7. The smallest absolute Gasteiger partial charge is 0.162 e. The third-order valence-corrected chi connectivity index (χ3v) is 4.31. The predicted molar refractivity (Wildman–Crippen MR) is 83.4 cm³/mol. The van der Waals surface area contributed by atoms with Gasteiger partial charge in [-0.1, -0.05) is 20.8 Å². The lowest BCUT2D eigenvalue weighted by Gasteiger charge is -2.30. The first-order valence-corrected chi connectivity index (χ1v) is 7.97. The lowest BCUT2D eigenvalue weighted by atomic mass is 9.95. The van der Waals surface area contributed by atoms with Crippen molar-refractivity contribution in [1.29, 1.82) is 0 Å². The summed E-state index contributed by atoms with van der Waals surface area (Å²) in [6, 6.07) is 0. The lowest BCUT2D eigenvalue weighted by molar-refractivity contribution is -0.0295. The molecule has 0 aromatic carbocycles. The number of anilines is 1. The maximum atomic E-state index is 5.79. The summed E-state index contributed by atoms with van der Waals surface area (Å²) in [5, 5.41) is 3.42. The topological polar surface area (TPSA) is 56.3 Å². The van der Waals surface area contributed by atoms with Crippen LogP contribution >= 0.6 is 0 Å². The van der Waals surface area contributed by atoms with E-state index in [4.69, 9.17) is 19.4 Å². The molecule has 0 amide bonds. The molecule has 0 aliphatic carbocycles. The van der Waals surface area contributed by atoms with Gasteiger partial charge in [-0.3, -0.25) is 0 Å². The minimum absolute atomic E-state index is 0.393. The number of nitrogens with one attached hydrogen (secondary N) is 1. The largest absolute Gasteiger partial charge is 0.376 e. The average molecular weight is 293 g/mol. The van der Waals surface area contributed by atoms with Crippen LogP contribution < -0.4 is 5.32 Å². The molecule has 0 saturated heterocycles. The molecule has 5 heteroatoms. The van der Waals surface area contributed by atoms with Crippen molar-refractivity contribution in [3.05, 3.63) is 17.1 Å². The van der Waals surface area contributed by atoms with E-state index in [0.29, 0.717) is 6.61 Å². The Balaban J connectivity index is 2.47. The third-order valence-electron chi connectivity index (χ3n) is 4.31. The highest BCUT2D eigenvalue weighted by atomic mass is 16.5. The molecule has 2 rings (SSSR count). The molecule has 1 aromatic heterocycles. The van der Waals surface area contributed by atoms with Gasteiger partial charge in [0.2, 0.25) is 0 Å². The van der Waals surface area contributed by atoms with E-state index in [1.807, 2.05) is 0 Å². The van der Waals surface area contributed by atoms with Crippen molar-refractivity contribution in [3.8, 4) is 0 Å². The summed E-state index contributed by atoms with van der Waals surface area (Å²) in [6.45, 7) is 8.63. The van der Waals surface area contributed by atoms with Crippen molar-refractivity contribution in [2.75, 3.05) is 25.6 Å². The minimum atomic E-state index is -0.393. The van der Waals surface area contributed by atoms with E-state index < -0.39 is 5.60 Å². The molecule has 0 spiro atoms. The van der Waals surface area contributed by atoms with Crippen LogP contribution in [-0.2, 0) is 28.1 Å².